The smallest absolute Gasteiger partial charge is 0.282 e. The fourth-order valence-corrected chi connectivity index (χ4v) is 1.67. The Morgan fingerprint density at radius 1 is 1.44 bits per heavy atom. The van der Waals surface area contributed by atoms with Gasteiger partial charge in [0.15, 0.2) is 12.1 Å². The molecule has 2 aromatic heterocycles. The molecule has 0 saturated heterocycles. The number of nitrogens with zero attached hydrogens (tertiary/aromatic N) is 4. The third kappa shape index (κ3) is 2.08. The van der Waals surface area contributed by atoms with Gasteiger partial charge in [-0.3, -0.25) is 4.79 Å². The van der Waals surface area contributed by atoms with Crippen molar-refractivity contribution in [3.63, 3.8) is 0 Å². The molecule has 0 aliphatic heterocycles. The van der Waals surface area contributed by atoms with Crippen LogP contribution in [0.4, 0.5) is 8.78 Å². The Hall–Kier alpha value is -1.89. The van der Waals surface area contributed by atoms with E-state index in [0.29, 0.717) is 5.69 Å². The van der Waals surface area contributed by atoms with Crippen molar-refractivity contribution in [3.05, 3.63) is 34.5 Å². The van der Waals surface area contributed by atoms with Crippen LogP contribution in [-0.2, 0) is 0 Å². The van der Waals surface area contributed by atoms with E-state index in [4.69, 9.17) is 11.6 Å². The highest BCUT2D eigenvalue weighted by molar-refractivity contribution is 6.32. The number of hydrogen-bond donors (Lipinski definition) is 0. The summed E-state index contributed by atoms with van der Waals surface area (Å²) >= 11 is 5.84. The normalized spacial score (nSPS) is 10.9. The fourth-order valence-electron chi connectivity index (χ4n) is 1.40. The monoisotopic (exact) mass is 272 g/mol. The van der Waals surface area contributed by atoms with Gasteiger partial charge >= 0.3 is 0 Å². The number of halogens is 3. The molecule has 0 unspecified atom stereocenters. The molecule has 94 valence electrons. The van der Waals surface area contributed by atoms with Gasteiger partial charge in [0.1, 0.15) is 17.2 Å². The minimum atomic E-state index is -2.88. The molecule has 8 heteroatoms. The maximum absolute atomic E-state index is 12.7. The van der Waals surface area contributed by atoms with Crippen LogP contribution in [0.1, 0.15) is 28.2 Å². The van der Waals surface area contributed by atoms with Gasteiger partial charge in [-0.1, -0.05) is 11.6 Å². The van der Waals surface area contributed by atoms with Gasteiger partial charge in [0.25, 0.3) is 6.43 Å². The predicted molar refractivity (Wildman–Crippen MR) is 59.2 cm³/mol. The van der Waals surface area contributed by atoms with E-state index in [9.17, 15) is 13.6 Å². The SMILES string of the molecule is Cc1cc(-n2nc(C(F)F)c(C=O)c2Cl)ncn1. The Kier molecular flexibility index (Phi) is 3.33. The zero-order valence-electron chi connectivity index (χ0n) is 9.14. The lowest BCUT2D eigenvalue weighted by Crippen LogP contribution is -2.01. The first-order chi connectivity index (χ1) is 8.54. The van der Waals surface area contributed by atoms with Crippen molar-refractivity contribution in [3.8, 4) is 5.82 Å². The van der Waals surface area contributed by atoms with Crippen molar-refractivity contribution in [1.82, 2.24) is 19.7 Å². The molecule has 18 heavy (non-hydrogen) atoms. The average Bonchev–Trinajstić information content (AvgIpc) is 2.66. The van der Waals surface area contributed by atoms with Crippen LogP contribution in [0, 0.1) is 6.92 Å². The second kappa shape index (κ2) is 4.77. The van der Waals surface area contributed by atoms with E-state index in [1.807, 2.05) is 0 Å². The van der Waals surface area contributed by atoms with E-state index in [1.165, 1.54) is 12.4 Å². The summed E-state index contributed by atoms with van der Waals surface area (Å²) in [6.07, 6.45) is -1.38. The molecule has 0 radical (unpaired) electrons. The Bertz CT molecular complexity index is 600. The van der Waals surface area contributed by atoms with E-state index in [2.05, 4.69) is 15.1 Å². The molecule has 0 amide bonds. The number of rotatable bonds is 3. The van der Waals surface area contributed by atoms with Crippen LogP contribution < -0.4 is 0 Å². The van der Waals surface area contributed by atoms with E-state index in [1.54, 1.807) is 6.92 Å². The first-order valence-electron chi connectivity index (χ1n) is 4.85. The highest BCUT2D eigenvalue weighted by Gasteiger charge is 2.23. The van der Waals surface area contributed by atoms with Gasteiger partial charge in [-0.2, -0.15) is 5.10 Å². The fraction of sp³-hybridized carbons (Fsp3) is 0.200. The molecule has 0 atom stereocenters. The zero-order chi connectivity index (χ0) is 13.3. The van der Waals surface area contributed by atoms with Crippen molar-refractivity contribution in [2.45, 2.75) is 13.3 Å². The van der Waals surface area contributed by atoms with Crippen molar-refractivity contribution in [1.29, 1.82) is 0 Å². The number of aromatic nitrogens is 4. The van der Waals surface area contributed by atoms with E-state index in [0.717, 1.165) is 4.68 Å². The summed E-state index contributed by atoms with van der Waals surface area (Å²) in [6, 6.07) is 1.52. The molecule has 0 aliphatic rings. The molecule has 0 saturated carbocycles. The maximum atomic E-state index is 12.7. The average molecular weight is 273 g/mol. The van der Waals surface area contributed by atoms with Crippen LogP contribution in [0.15, 0.2) is 12.4 Å². The molecular formula is C10H7ClF2N4O. The van der Waals surface area contributed by atoms with Crippen molar-refractivity contribution >= 4 is 17.9 Å². The van der Waals surface area contributed by atoms with Crippen LogP contribution in [0.2, 0.25) is 5.15 Å². The van der Waals surface area contributed by atoms with Gasteiger partial charge in [-0.25, -0.2) is 23.4 Å². The summed E-state index contributed by atoms with van der Waals surface area (Å²) in [4.78, 5) is 18.5. The van der Waals surface area contributed by atoms with Gasteiger partial charge in [-0.05, 0) is 6.92 Å². The minimum Gasteiger partial charge on any atom is -0.298 e. The number of carbonyl (C=O) groups excluding carboxylic acids is 1. The van der Waals surface area contributed by atoms with Gasteiger partial charge in [0.2, 0.25) is 0 Å². The van der Waals surface area contributed by atoms with Crippen LogP contribution in [0.25, 0.3) is 5.82 Å². The summed E-state index contributed by atoms with van der Waals surface area (Å²) in [5.41, 5.74) is -0.369. The molecule has 0 aromatic carbocycles. The second-order valence-corrected chi connectivity index (χ2v) is 3.80. The van der Waals surface area contributed by atoms with E-state index in [-0.39, 0.29) is 22.8 Å². The highest BCUT2D eigenvalue weighted by Crippen LogP contribution is 2.28. The molecule has 0 fully saturated rings. The standard InChI is InChI=1S/C10H7ClF2N4O/c1-5-2-7(15-4-14-5)17-9(11)6(3-18)8(16-17)10(12)13/h2-4,10H,1H3. The first kappa shape index (κ1) is 12.6. The molecular weight excluding hydrogens is 266 g/mol. The number of aldehydes is 1. The van der Waals surface area contributed by atoms with Crippen molar-refractivity contribution in [2.24, 2.45) is 0 Å². The first-order valence-corrected chi connectivity index (χ1v) is 5.23. The summed E-state index contributed by atoms with van der Waals surface area (Å²) in [5.74, 6) is 0.225. The van der Waals surface area contributed by atoms with Crippen LogP contribution in [0.5, 0.6) is 0 Å². The third-order valence-corrected chi connectivity index (χ3v) is 2.59. The maximum Gasteiger partial charge on any atom is 0.282 e. The molecule has 2 aromatic rings. The van der Waals surface area contributed by atoms with Gasteiger partial charge < -0.3 is 0 Å². The lowest BCUT2D eigenvalue weighted by Gasteiger charge is -2.01. The summed E-state index contributed by atoms with van der Waals surface area (Å²) < 4.78 is 26.3. The molecule has 2 rings (SSSR count). The Labute approximate surface area is 105 Å². The number of carbonyl (C=O) groups is 1. The third-order valence-electron chi connectivity index (χ3n) is 2.22. The quantitative estimate of drug-likeness (QED) is 0.805. The largest absolute Gasteiger partial charge is 0.298 e. The Morgan fingerprint density at radius 2 is 2.17 bits per heavy atom. The molecule has 5 nitrogen and oxygen atoms in total. The van der Waals surface area contributed by atoms with Gasteiger partial charge in [0, 0.05) is 11.8 Å². The number of alkyl halides is 2. The van der Waals surface area contributed by atoms with Crippen LogP contribution in [-0.4, -0.2) is 26.0 Å². The van der Waals surface area contributed by atoms with Crippen molar-refractivity contribution in [2.75, 3.05) is 0 Å². The van der Waals surface area contributed by atoms with Crippen LogP contribution >= 0.6 is 11.6 Å². The topological polar surface area (TPSA) is 60.7 Å². The van der Waals surface area contributed by atoms with E-state index >= 15 is 0 Å². The highest BCUT2D eigenvalue weighted by atomic mass is 35.5. The lowest BCUT2D eigenvalue weighted by atomic mass is 10.3. The van der Waals surface area contributed by atoms with Gasteiger partial charge in [-0.15, -0.1) is 0 Å². The van der Waals surface area contributed by atoms with Gasteiger partial charge in [0.05, 0.1) is 5.56 Å². The number of aryl methyl sites for hydroxylation is 1. The molecule has 2 heterocycles. The zero-order valence-corrected chi connectivity index (χ0v) is 9.90. The second-order valence-electron chi connectivity index (χ2n) is 3.44. The Morgan fingerprint density at radius 3 is 2.67 bits per heavy atom. The Balaban J connectivity index is 2.62. The summed E-state index contributed by atoms with van der Waals surface area (Å²) in [7, 11) is 0. The summed E-state index contributed by atoms with van der Waals surface area (Å²) in [6.45, 7) is 1.71. The number of hydrogen-bond acceptors (Lipinski definition) is 4. The van der Waals surface area contributed by atoms with E-state index < -0.39 is 12.1 Å². The predicted octanol–water partition coefficient (Wildman–Crippen LogP) is 2.37. The molecule has 0 N–H and O–H groups in total. The van der Waals surface area contributed by atoms with Crippen molar-refractivity contribution < 1.29 is 13.6 Å². The molecule has 0 spiro atoms. The van der Waals surface area contributed by atoms with Crippen LogP contribution in [0.3, 0.4) is 0 Å². The summed E-state index contributed by atoms with van der Waals surface area (Å²) in [5, 5.41) is 3.41. The molecule has 0 aliphatic carbocycles. The lowest BCUT2D eigenvalue weighted by molar-refractivity contribution is 0.110. The minimum absolute atomic E-state index is 0.196. The molecule has 0 bridgehead atoms.